The van der Waals surface area contributed by atoms with Crippen LogP contribution < -0.4 is 19.7 Å². The quantitative estimate of drug-likeness (QED) is 0.830. The molecule has 0 aromatic heterocycles. The highest BCUT2D eigenvalue weighted by Gasteiger charge is 2.21. The van der Waals surface area contributed by atoms with Crippen molar-refractivity contribution in [2.24, 2.45) is 0 Å². The zero-order chi connectivity index (χ0) is 14.4. The first kappa shape index (κ1) is 15.0. The van der Waals surface area contributed by atoms with Crippen LogP contribution in [0.1, 0.15) is 26.2 Å². The lowest BCUT2D eigenvalue weighted by atomic mass is 10.0. The molecular weight excluding hydrogens is 252 g/mol. The summed E-state index contributed by atoms with van der Waals surface area (Å²) in [6.45, 7) is 6.13. The van der Waals surface area contributed by atoms with Crippen LogP contribution >= 0.6 is 0 Å². The summed E-state index contributed by atoms with van der Waals surface area (Å²) in [6, 6.07) is 6.61. The number of quaternary nitrogens is 1. The van der Waals surface area contributed by atoms with E-state index in [4.69, 9.17) is 9.47 Å². The molecule has 0 aliphatic carbocycles. The van der Waals surface area contributed by atoms with Crippen molar-refractivity contribution in [3.63, 3.8) is 0 Å². The standard InChI is InChI=1S/C16H26N2O2/c1-4-9-18-10-7-13(8-11-18)17-14-5-6-15(19-2)16(12-14)20-3/h5-6,12-13,17H,4,7-11H2,1-3H3/p+1. The largest absolute Gasteiger partial charge is 0.493 e. The number of piperidine rings is 1. The Balaban J connectivity index is 1.91. The van der Waals surface area contributed by atoms with E-state index in [1.165, 1.54) is 38.9 Å². The summed E-state index contributed by atoms with van der Waals surface area (Å²) in [4.78, 5) is 1.75. The molecule has 4 heteroatoms. The highest BCUT2D eigenvalue weighted by atomic mass is 16.5. The second-order valence-corrected chi connectivity index (χ2v) is 5.49. The van der Waals surface area contributed by atoms with Gasteiger partial charge < -0.3 is 19.7 Å². The van der Waals surface area contributed by atoms with Crippen LogP contribution in [0.25, 0.3) is 0 Å². The van der Waals surface area contributed by atoms with Crippen molar-refractivity contribution in [2.45, 2.75) is 32.2 Å². The van der Waals surface area contributed by atoms with Gasteiger partial charge in [-0.05, 0) is 18.6 Å². The van der Waals surface area contributed by atoms with Gasteiger partial charge in [-0.25, -0.2) is 0 Å². The van der Waals surface area contributed by atoms with Crippen LogP contribution in [0.5, 0.6) is 11.5 Å². The van der Waals surface area contributed by atoms with E-state index in [0.29, 0.717) is 6.04 Å². The van der Waals surface area contributed by atoms with Gasteiger partial charge in [0.1, 0.15) is 0 Å². The molecule has 1 heterocycles. The van der Waals surface area contributed by atoms with Crippen LogP contribution in [0.4, 0.5) is 5.69 Å². The lowest BCUT2D eigenvalue weighted by Gasteiger charge is -2.30. The fourth-order valence-corrected chi connectivity index (χ4v) is 2.94. The predicted molar refractivity (Wildman–Crippen MR) is 82.0 cm³/mol. The molecule has 20 heavy (non-hydrogen) atoms. The molecule has 1 aromatic carbocycles. The Morgan fingerprint density at radius 1 is 1.15 bits per heavy atom. The van der Waals surface area contributed by atoms with E-state index < -0.39 is 0 Å². The van der Waals surface area contributed by atoms with Crippen LogP contribution in [0.2, 0.25) is 0 Å². The van der Waals surface area contributed by atoms with Gasteiger partial charge in [0.2, 0.25) is 0 Å². The van der Waals surface area contributed by atoms with Gasteiger partial charge in [0, 0.05) is 30.6 Å². The number of hydrogen-bond donors (Lipinski definition) is 2. The normalized spacial score (nSPS) is 22.4. The van der Waals surface area contributed by atoms with E-state index in [2.05, 4.69) is 18.3 Å². The van der Waals surface area contributed by atoms with Crippen molar-refractivity contribution >= 4 is 5.69 Å². The third-order valence-electron chi connectivity index (χ3n) is 4.05. The van der Waals surface area contributed by atoms with Crippen molar-refractivity contribution in [1.82, 2.24) is 0 Å². The molecule has 0 amide bonds. The van der Waals surface area contributed by atoms with E-state index in [9.17, 15) is 0 Å². The van der Waals surface area contributed by atoms with E-state index in [1.54, 1.807) is 19.1 Å². The molecule has 1 saturated heterocycles. The monoisotopic (exact) mass is 279 g/mol. The highest BCUT2D eigenvalue weighted by Crippen LogP contribution is 2.30. The van der Waals surface area contributed by atoms with Gasteiger partial charge in [-0.15, -0.1) is 0 Å². The minimum absolute atomic E-state index is 0.578. The third-order valence-corrected chi connectivity index (χ3v) is 4.05. The molecule has 0 bridgehead atoms. The average molecular weight is 279 g/mol. The van der Waals surface area contributed by atoms with Gasteiger partial charge in [-0.3, -0.25) is 0 Å². The third kappa shape index (κ3) is 3.79. The zero-order valence-electron chi connectivity index (χ0n) is 12.9. The van der Waals surface area contributed by atoms with Crippen LogP contribution in [0.3, 0.4) is 0 Å². The molecule has 1 aromatic rings. The fraction of sp³-hybridized carbons (Fsp3) is 0.625. The highest BCUT2D eigenvalue weighted by molar-refractivity contribution is 5.55. The number of rotatable bonds is 6. The van der Waals surface area contributed by atoms with E-state index in [1.807, 2.05) is 12.1 Å². The van der Waals surface area contributed by atoms with Crippen molar-refractivity contribution in [3.05, 3.63) is 18.2 Å². The Morgan fingerprint density at radius 3 is 2.45 bits per heavy atom. The van der Waals surface area contributed by atoms with Crippen molar-refractivity contribution < 1.29 is 14.4 Å². The Kier molecular flexibility index (Phi) is 5.53. The maximum absolute atomic E-state index is 5.35. The number of anilines is 1. The molecule has 2 N–H and O–H groups in total. The molecular formula is C16H27N2O2+. The number of benzene rings is 1. The first-order valence-corrected chi connectivity index (χ1v) is 7.59. The average Bonchev–Trinajstić information content (AvgIpc) is 2.49. The molecule has 0 atom stereocenters. The SMILES string of the molecule is CCC[NH+]1CCC(Nc2ccc(OC)c(OC)c2)CC1. The van der Waals surface area contributed by atoms with E-state index in [0.717, 1.165) is 17.2 Å². The van der Waals surface area contributed by atoms with Crippen molar-refractivity contribution in [1.29, 1.82) is 0 Å². The lowest BCUT2D eigenvalue weighted by Crippen LogP contribution is -3.13. The maximum atomic E-state index is 5.35. The minimum atomic E-state index is 0.578. The second-order valence-electron chi connectivity index (χ2n) is 5.49. The van der Waals surface area contributed by atoms with Crippen LogP contribution in [0, 0.1) is 0 Å². The molecule has 112 valence electrons. The summed E-state index contributed by atoms with van der Waals surface area (Å²) in [5.74, 6) is 1.56. The first-order valence-electron chi connectivity index (χ1n) is 7.59. The molecule has 0 spiro atoms. The number of hydrogen-bond acceptors (Lipinski definition) is 3. The molecule has 1 aliphatic heterocycles. The van der Waals surface area contributed by atoms with Crippen LogP contribution in [-0.4, -0.2) is 39.9 Å². The molecule has 2 rings (SSSR count). The molecule has 0 radical (unpaired) electrons. The van der Waals surface area contributed by atoms with E-state index in [-0.39, 0.29) is 0 Å². The smallest absolute Gasteiger partial charge is 0.162 e. The summed E-state index contributed by atoms with van der Waals surface area (Å²) in [6.07, 6.45) is 3.76. The molecule has 0 unspecified atom stereocenters. The van der Waals surface area contributed by atoms with Gasteiger partial charge in [0.25, 0.3) is 0 Å². The lowest BCUT2D eigenvalue weighted by molar-refractivity contribution is -0.905. The molecule has 1 fully saturated rings. The summed E-state index contributed by atoms with van der Waals surface area (Å²) >= 11 is 0. The number of nitrogens with one attached hydrogen (secondary N) is 2. The number of likely N-dealkylation sites (tertiary alicyclic amines) is 1. The summed E-state index contributed by atoms with van der Waals surface area (Å²) in [5, 5.41) is 3.62. The van der Waals surface area contributed by atoms with E-state index >= 15 is 0 Å². The Hall–Kier alpha value is -1.42. The number of ether oxygens (including phenoxy) is 2. The Bertz CT molecular complexity index is 415. The molecule has 4 nitrogen and oxygen atoms in total. The topological polar surface area (TPSA) is 34.9 Å². The summed E-state index contributed by atoms with van der Waals surface area (Å²) < 4.78 is 10.6. The maximum Gasteiger partial charge on any atom is 0.162 e. The van der Waals surface area contributed by atoms with Crippen molar-refractivity contribution in [3.8, 4) is 11.5 Å². The minimum Gasteiger partial charge on any atom is -0.493 e. The zero-order valence-corrected chi connectivity index (χ0v) is 12.9. The van der Waals surface area contributed by atoms with Gasteiger partial charge in [-0.1, -0.05) is 6.92 Å². The first-order chi connectivity index (χ1) is 9.76. The fourth-order valence-electron chi connectivity index (χ4n) is 2.94. The Morgan fingerprint density at radius 2 is 1.85 bits per heavy atom. The van der Waals surface area contributed by atoms with Gasteiger partial charge in [0.05, 0.1) is 33.9 Å². The summed E-state index contributed by atoms with van der Waals surface area (Å²) in [5.41, 5.74) is 1.12. The predicted octanol–water partition coefficient (Wildman–Crippen LogP) is 1.57. The number of methoxy groups -OCH3 is 2. The molecule has 1 aliphatic rings. The molecule has 0 saturated carbocycles. The van der Waals surface area contributed by atoms with Gasteiger partial charge >= 0.3 is 0 Å². The van der Waals surface area contributed by atoms with Crippen molar-refractivity contribution in [2.75, 3.05) is 39.2 Å². The van der Waals surface area contributed by atoms with Gasteiger partial charge in [-0.2, -0.15) is 0 Å². The van der Waals surface area contributed by atoms with Gasteiger partial charge in [0.15, 0.2) is 11.5 Å². The van der Waals surface area contributed by atoms with Crippen LogP contribution in [0.15, 0.2) is 18.2 Å². The summed E-state index contributed by atoms with van der Waals surface area (Å²) in [7, 11) is 3.34. The Labute approximate surface area is 122 Å². The second kappa shape index (κ2) is 7.39. The van der Waals surface area contributed by atoms with Crippen LogP contribution in [-0.2, 0) is 0 Å².